The quantitative estimate of drug-likeness (QED) is 0.858. The summed E-state index contributed by atoms with van der Waals surface area (Å²) in [5.74, 6) is -2.47. The number of alkyl halides is 3. The average molecular weight is 331 g/mol. The van der Waals surface area contributed by atoms with Gasteiger partial charge in [0, 0.05) is 31.8 Å². The molecule has 0 aliphatic carbocycles. The molecule has 1 aromatic rings. The summed E-state index contributed by atoms with van der Waals surface area (Å²) in [6, 6.07) is 0. The predicted molar refractivity (Wildman–Crippen MR) is 68.0 cm³/mol. The standard InChI is InChI=1S/C12H12F3N5O3/c13-12(14,15)11-16-9(19-23-11)6-3-4-20(5-6)10(22)7-1-2-8(21)18-17-7/h6H,1-5H2,(H,18,21). The van der Waals surface area contributed by atoms with E-state index in [0.29, 0.717) is 13.0 Å². The number of likely N-dealkylation sites (tertiary alicyclic amines) is 1. The Labute approximate surface area is 127 Å². The third-order valence-electron chi connectivity index (χ3n) is 3.68. The number of carbonyl (C=O) groups excluding carboxylic acids is 2. The van der Waals surface area contributed by atoms with Gasteiger partial charge in [-0.25, -0.2) is 5.43 Å². The van der Waals surface area contributed by atoms with Crippen LogP contribution >= 0.6 is 0 Å². The molecule has 3 heterocycles. The number of halogens is 3. The van der Waals surface area contributed by atoms with Crippen LogP contribution in [0.3, 0.4) is 0 Å². The summed E-state index contributed by atoms with van der Waals surface area (Å²) < 4.78 is 41.6. The Hall–Kier alpha value is -2.46. The Morgan fingerprint density at radius 1 is 1.35 bits per heavy atom. The van der Waals surface area contributed by atoms with Crippen molar-refractivity contribution in [1.82, 2.24) is 20.5 Å². The molecule has 0 bridgehead atoms. The highest BCUT2D eigenvalue weighted by molar-refractivity contribution is 6.39. The Morgan fingerprint density at radius 2 is 2.13 bits per heavy atom. The topological polar surface area (TPSA) is 101 Å². The monoisotopic (exact) mass is 331 g/mol. The second-order valence-corrected chi connectivity index (χ2v) is 5.29. The van der Waals surface area contributed by atoms with Crippen LogP contribution in [0.1, 0.15) is 36.9 Å². The van der Waals surface area contributed by atoms with Crippen molar-refractivity contribution in [2.24, 2.45) is 5.10 Å². The van der Waals surface area contributed by atoms with Gasteiger partial charge in [0.1, 0.15) is 5.71 Å². The van der Waals surface area contributed by atoms with Crippen LogP contribution in [0.2, 0.25) is 0 Å². The molecule has 1 saturated heterocycles. The maximum absolute atomic E-state index is 12.5. The second kappa shape index (κ2) is 5.63. The van der Waals surface area contributed by atoms with Crippen molar-refractivity contribution in [3.05, 3.63) is 11.7 Å². The van der Waals surface area contributed by atoms with E-state index < -0.39 is 18.0 Å². The van der Waals surface area contributed by atoms with Crippen LogP contribution < -0.4 is 5.43 Å². The minimum absolute atomic E-state index is 0.0634. The van der Waals surface area contributed by atoms with Crippen molar-refractivity contribution in [1.29, 1.82) is 0 Å². The lowest BCUT2D eigenvalue weighted by molar-refractivity contribution is -0.159. The molecule has 1 fully saturated rings. The lowest BCUT2D eigenvalue weighted by atomic mass is 10.1. The minimum atomic E-state index is -4.69. The first-order valence-corrected chi connectivity index (χ1v) is 6.90. The fourth-order valence-corrected chi connectivity index (χ4v) is 2.48. The lowest BCUT2D eigenvalue weighted by Gasteiger charge is -2.18. The van der Waals surface area contributed by atoms with Crippen molar-refractivity contribution < 1.29 is 27.3 Å². The molecule has 1 atom stereocenters. The molecule has 0 radical (unpaired) electrons. The molecule has 23 heavy (non-hydrogen) atoms. The van der Waals surface area contributed by atoms with E-state index in [9.17, 15) is 22.8 Å². The number of nitrogens with one attached hydrogen (secondary N) is 1. The molecule has 3 rings (SSSR count). The summed E-state index contributed by atoms with van der Waals surface area (Å²) in [4.78, 5) is 28.1. The van der Waals surface area contributed by atoms with Crippen LogP contribution in [0.25, 0.3) is 0 Å². The minimum Gasteiger partial charge on any atom is -0.337 e. The average Bonchev–Trinajstić information content (AvgIpc) is 3.16. The van der Waals surface area contributed by atoms with Gasteiger partial charge in [-0.2, -0.15) is 23.3 Å². The molecule has 2 aliphatic heterocycles. The summed E-state index contributed by atoms with van der Waals surface area (Å²) in [6.07, 6.45) is -3.83. The van der Waals surface area contributed by atoms with Crippen molar-refractivity contribution in [2.45, 2.75) is 31.4 Å². The van der Waals surface area contributed by atoms with E-state index in [-0.39, 0.29) is 42.7 Å². The van der Waals surface area contributed by atoms with Crippen LogP contribution in [0.4, 0.5) is 13.2 Å². The molecule has 11 heteroatoms. The van der Waals surface area contributed by atoms with Gasteiger partial charge in [0.25, 0.3) is 5.91 Å². The van der Waals surface area contributed by atoms with E-state index >= 15 is 0 Å². The van der Waals surface area contributed by atoms with Crippen molar-refractivity contribution in [2.75, 3.05) is 13.1 Å². The number of hydrazone groups is 1. The van der Waals surface area contributed by atoms with Gasteiger partial charge >= 0.3 is 12.1 Å². The summed E-state index contributed by atoms with van der Waals surface area (Å²) >= 11 is 0. The normalized spacial score (nSPS) is 22.0. The lowest BCUT2D eigenvalue weighted by Crippen LogP contribution is -2.39. The third kappa shape index (κ3) is 3.17. The van der Waals surface area contributed by atoms with Crippen LogP contribution in [0.5, 0.6) is 0 Å². The highest BCUT2D eigenvalue weighted by Crippen LogP contribution is 2.31. The number of nitrogens with zero attached hydrogens (tertiary/aromatic N) is 4. The fourth-order valence-electron chi connectivity index (χ4n) is 2.48. The predicted octanol–water partition coefficient (Wildman–Crippen LogP) is 0.670. The van der Waals surface area contributed by atoms with E-state index in [2.05, 4.69) is 25.2 Å². The Bertz CT molecular complexity index is 669. The molecule has 1 N–H and O–H groups in total. The molecule has 124 valence electrons. The molecular weight excluding hydrogens is 319 g/mol. The SMILES string of the molecule is O=C1CCC(C(=O)N2CCC(c3noc(C(F)(F)F)n3)C2)=NN1. The van der Waals surface area contributed by atoms with Gasteiger partial charge in [-0.3, -0.25) is 9.59 Å². The van der Waals surface area contributed by atoms with E-state index in [0.717, 1.165) is 0 Å². The molecular formula is C12H12F3N5O3. The molecule has 8 nitrogen and oxygen atoms in total. The maximum Gasteiger partial charge on any atom is 0.471 e. The molecule has 2 aliphatic rings. The highest BCUT2D eigenvalue weighted by Gasteiger charge is 2.40. The van der Waals surface area contributed by atoms with Gasteiger partial charge < -0.3 is 9.42 Å². The Kier molecular flexibility index (Phi) is 3.78. The number of rotatable bonds is 2. The largest absolute Gasteiger partial charge is 0.471 e. The highest BCUT2D eigenvalue weighted by atomic mass is 19.4. The first-order valence-electron chi connectivity index (χ1n) is 6.90. The first kappa shape index (κ1) is 15.4. The zero-order valence-corrected chi connectivity index (χ0v) is 11.8. The van der Waals surface area contributed by atoms with E-state index in [4.69, 9.17) is 0 Å². The smallest absolute Gasteiger partial charge is 0.337 e. The first-order chi connectivity index (χ1) is 10.8. The van der Waals surface area contributed by atoms with E-state index in [1.165, 1.54) is 4.90 Å². The summed E-state index contributed by atoms with van der Waals surface area (Å²) in [6.45, 7) is 0.537. The number of carbonyl (C=O) groups is 2. The number of hydrogen-bond acceptors (Lipinski definition) is 6. The Balaban J connectivity index is 1.65. The zero-order valence-electron chi connectivity index (χ0n) is 11.8. The number of amides is 2. The molecule has 0 saturated carbocycles. The summed E-state index contributed by atoms with van der Waals surface area (Å²) in [5.41, 5.74) is 2.47. The van der Waals surface area contributed by atoms with Crippen LogP contribution in [0, 0.1) is 0 Å². The molecule has 0 spiro atoms. The van der Waals surface area contributed by atoms with Gasteiger partial charge in [0.05, 0.1) is 0 Å². The zero-order chi connectivity index (χ0) is 16.6. The van der Waals surface area contributed by atoms with E-state index in [1.54, 1.807) is 0 Å². The summed E-state index contributed by atoms with van der Waals surface area (Å²) in [5, 5.41) is 7.07. The molecule has 1 unspecified atom stereocenters. The van der Waals surface area contributed by atoms with Crippen molar-refractivity contribution >= 4 is 17.5 Å². The van der Waals surface area contributed by atoms with Crippen molar-refractivity contribution in [3.8, 4) is 0 Å². The van der Waals surface area contributed by atoms with Gasteiger partial charge in [-0.05, 0) is 6.42 Å². The van der Waals surface area contributed by atoms with Gasteiger partial charge in [-0.15, -0.1) is 0 Å². The van der Waals surface area contributed by atoms with E-state index in [1.807, 2.05) is 0 Å². The maximum atomic E-state index is 12.5. The van der Waals surface area contributed by atoms with Gasteiger partial charge in [0.15, 0.2) is 5.82 Å². The molecule has 0 aromatic carbocycles. The number of hydrogen-bond donors (Lipinski definition) is 1. The molecule has 2 amide bonds. The Morgan fingerprint density at radius 3 is 2.74 bits per heavy atom. The van der Waals surface area contributed by atoms with Gasteiger partial charge in [0.2, 0.25) is 5.91 Å². The number of aromatic nitrogens is 2. The second-order valence-electron chi connectivity index (χ2n) is 5.29. The fraction of sp³-hybridized carbons (Fsp3) is 0.583. The third-order valence-corrected chi connectivity index (χ3v) is 3.68. The van der Waals surface area contributed by atoms with Crippen molar-refractivity contribution in [3.63, 3.8) is 0 Å². The van der Waals surface area contributed by atoms with Crippen LogP contribution in [-0.4, -0.2) is 45.7 Å². The van der Waals surface area contributed by atoms with Crippen LogP contribution in [-0.2, 0) is 15.8 Å². The van der Waals surface area contributed by atoms with Crippen LogP contribution in [0.15, 0.2) is 9.62 Å². The molecule has 1 aromatic heterocycles. The summed E-state index contributed by atoms with van der Waals surface area (Å²) in [7, 11) is 0. The van der Waals surface area contributed by atoms with Gasteiger partial charge in [-0.1, -0.05) is 5.16 Å².